The van der Waals surface area contributed by atoms with Gasteiger partial charge in [0, 0.05) is 19.3 Å². The lowest BCUT2D eigenvalue weighted by Gasteiger charge is -2.22. The fourth-order valence-electron chi connectivity index (χ4n) is 1.48. The summed E-state index contributed by atoms with van der Waals surface area (Å²) in [6.07, 6.45) is 0.848. The van der Waals surface area contributed by atoms with Crippen molar-refractivity contribution in [3.8, 4) is 5.75 Å². The smallest absolute Gasteiger partial charge is 0.120 e. The van der Waals surface area contributed by atoms with Crippen molar-refractivity contribution in [1.29, 1.82) is 0 Å². The summed E-state index contributed by atoms with van der Waals surface area (Å²) >= 11 is 4.92. The first kappa shape index (κ1) is 16.9. The third-order valence-corrected chi connectivity index (χ3v) is 3.25. The molecule has 1 rings (SSSR count). The molecule has 0 unspecified atom stereocenters. The number of ether oxygens (including phenoxy) is 3. The van der Waals surface area contributed by atoms with Gasteiger partial charge in [0.05, 0.1) is 12.2 Å². The maximum Gasteiger partial charge on any atom is 0.120 e. The molecule has 5 heteroatoms. The van der Waals surface area contributed by atoms with Gasteiger partial charge in [-0.1, -0.05) is 24.4 Å². The third kappa shape index (κ3) is 6.32. The van der Waals surface area contributed by atoms with Crippen LogP contribution in [0.2, 0.25) is 0 Å². The van der Waals surface area contributed by atoms with E-state index in [0.717, 1.165) is 17.7 Å². The first-order chi connectivity index (χ1) is 9.44. The zero-order chi connectivity index (χ0) is 15.0. The van der Waals surface area contributed by atoms with E-state index in [0.29, 0.717) is 24.8 Å². The van der Waals surface area contributed by atoms with E-state index in [1.54, 1.807) is 7.11 Å². The highest BCUT2D eigenvalue weighted by molar-refractivity contribution is 7.80. The van der Waals surface area contributed by atoms with Crippen LogP contribution in [0.5, 0.6) is 5.75 Å². The minimum absolute atomic E-state index is 0.147. The molecule has 0 aliphatic heterocycles. The van der Waals surface area contributed by atoms with Crippen LogP contribution in [0.1, 0.15) is 25.8 Å². The van der Waals surface area contributed by atoms with E-state index in [9.17, 15) is 0 Å². The monoisotopic (exact) mass is 297 g/mol. The van der Waals surface area contributed by atoms with E-state index < -0.39 is 0 Å². The number of rotatable bonds is 9. The Bertz CT molecular complexity index is 435. The van der Waals surface area contributed by atoms with Gasteiger partial charge < -0.3 is 19.9 Å². The van der Waals surface area contributed by atoms with Gasteiger partial charge >= 0.3 is 0 Å². The molecule has 0 fully saturated rings. The maximum atomic E-state index is 5.58. The molecule has 2 N–H and O–H groups in total. The second-order valence-electron chi connectivity index (χ2n) is 5.07. The molecule has 0 heterocycles. The van der Waals surface area contributed by atoms with E-state index in [1.165, 1.54) is 0 Å². The molecular formula is C15H23NO3S. The maximum absolute atomic E-state index is 5.58. The van der Waals surface area contributed by atoms with Crippen molar-refractivity contribution in [1.82, 2.24) is 0 Å². The Balaban J connectivity index is 2.21. The van der Waals surface area contributed by atoms with Crippen molar-refractivity contribution in [3.63, 3.8) is 0 Å². The van der Waals surface area contributed by atoms with Crippen LogP contribution in [0.25, 0.3) is 0 Å². The Kier molecular flexibility index (Phi) is 6.91. The minimum atomic E-state index is -0.147. The normalized spacial score (nSPS) is 11.3. The number of methoxy groups -OCH3 is 1. The lowest BCUT2D eigenvalue weighted by Crippen LogP contribution is -2.24. The molecule has 112 valence electrons. The van der Waals surface area contributed by atoms with Crippen molar-refractivity contribution < 1.29 is 14.2 Å². The lowest BCUT2D eigenvalue weighted by molar-refractivity contribution is -0.0128. The van der Waals surface area contributed by atoms with Crippen LogP contribution >= 0.6 is 12.2 Å². The number of hydrogen-bond acceptors (Lipinski definition) is 4. The highest BCUT2D eigenvalue weighted by Gasteiger charge is 2.15. The van der Waals surface area contributed by atoms with Crippen molar-refractivity contribution in [2.24, 2.45) is 5.73 Å². The van der Waals surface area contributed by atoms with Gasteiger partial charge in [0.25, 0.3) is 0 Å². The van der Waals surface area contributed by atoms with Crippen LogP contribution in [-0.2, 0) is 9.47 Å². The summed E-state index contributed by atoms with van der Waals surface area (Å²) in [4.78, 5) is 0.369. The molecular weight excluding hydrogens is 274 g/mol. The lowest BCUT2D eigenvalue weighted by atomic mass is 10.1. The predicted molar refractivity (Wildman–Crippen MR) is 84.3 cm³/mol. The average Bonchev–Trinajstić information content (AvgIpc) is 2.43. The largest absolute Gasteiger partial charge is 0.491 e. The van der Waals surface area contributed by atoms with Crippen molar-refractivity contribution in [3.05, 3.63) is 29.8 Å². The molecule has 0 saturated heterocycles. The molecule has 0 atom stereocenters. The van der Waals surface area contributed by atoms with Crippen molar-refractivity contribution in [2.75, 3.05) is 26.9 Å². The molecule has 1 aromatic carbocycles. The van der Waals surface area contributed by atoms with Gasteiger partial charge in [-0.3, -0.25) is 0 Å². The van der Waals surface area contributed by atoms with Gasteiger partial charge in [-0.15, -0.1) is 0 Å². The molecule has 1 aromatic rings. The van der Waals surface area contributed by atoms with Gasteiger partial charge in [0.2, 0.25) is 0 Å². The summed E-state index contributed by atoms with van der Waals surface area (Å²) < 4.78 is 16.4. The number of nitrogens with two attached hydrogens (primary N) is 1. The fraction of sp³-hybridized carbons (Fsp3) is 0.533. The summed E-state index contributed by atoms with van der Waals surface area (Å²) in [5.41, 5.74) is 6.23. The molecule has 0 spiro atoms. The quantitative estimate of drug-likeness (QED) is 0.561. The summed E-state index contributed by atoms with van der Waals surface area (Å²) in [7, 11) is 1.71. The minimum Gasteiger partial charge on any atom is -0.491 e. The highest BCUT2D eigenvalue weighted by atomic mass is 32.1. The first-order valence-electron chi connectivity index (χ1n) is 6.60. The predicted octanol–water partition coefficient (Wildman–Crippen LogP) is 2.53. The van der Waals surface area contributed by atoms with Gasteiger partial charge in [-0.25, -0.2) is 0 Å². The second-order valence-corrected chi connectivity index (χ2v) is 5.51. The molecule has 0 radical (unpaired) electrons. The molecule has 0 aliphatic rings. The average molecular weight is 297 g/mol. The zero-order valence-corrected chi connectivity index (χ0v) is 13.2. The van der Waals surface area contributed by atoms with Crippen LogP contribution in [0.15, 0.2) is 24.3 Å². The Labute approximate surface area is 126 Å². The Morgan fingerprint density at radius 3 is 2.65 bits per heavy atom. The molecule has 4 nitrogen and oxygen atoms in total. The number of hydrogen-bond donors (Lipinski definition) is 1. The van der Waals surface area contributed by atoms with Gasteiger partial charge in [-0.05, 0) is 32.4 Å². The van der Waals surface area contributed by atoms with Crippen LogP contribution in [0.3, 0.4) is 0 Å². The summed E-state index contributed by atoms with van der Waals surface area (Å²) in [6.45, 7) is 5.75. The topological polar surface area (TPSA) is 53.7 Å². The van der Waals surface area contributed by atoms with Crippen LogP contribution in [-0.4, -0.2) is 37.5 Å². The molecule has 0 aromatic heterocycles. The van der Waals surface area contributed by atoms with E-state index in [2.05, 4.69) is 0 Å². The number of thiocarbonyl (C=S) groups is 1. The second kappa shape index (κ2) is 8.19. The van der Waals surface area contributed by atoms with E-state index in [4.69, 9.17) is 32.2 Å². The van der Waals surface area contributed by atoms with Gasteiger partial charge in [0.1, 0.15) is 17.3 Å². The SMILES string of the molecule is COC(C)(C)CCOCCOc1cccc(C(N)=S)c1. The van der Waals surface area contributed by atoms with Crippen LogP contribution in [0.4, 0.5) is 0 Å². The Morgan fingerprint density at radius 2 is 2.00 bits per heavy atom. The van der Waals surface area contributed by atoms with E-state index in [1.807, 2.05) is 38.1 Å². The molecule has 20 heavy (non-hydrogen) atoms. The standard InChI is InChI=1S/C15H23NO3S/c1-15(2,17-3)7-8-18-9-10-19-13-6-4-5-12(11-13)14(16)20/h4-6,11H,7-10H2,1-3H3,(H2,16,20). The summed E-state index contributed by atoms with van der Waals surface area (Å²) in [5.74, 6) is 0.746. The molecule has 0 aliphatic carbocycles. The Hall–Kier alpha value is -1.17. The van der Waals surface area contributed by atoms with E-state index >= 15 is 0 Å². The molecule has 0 saturated carbocycles. The van der Waals surface area contributed by atoms with Crippen LogP contribution in [0, 0.1) is 0 Å². The molecule has 0 bridgehead atoms. The molecule has 0 amide bonds. The van der Waals surface area contributed by atoms with Crippen molar-refractivity contribution >= 4 is 17.2 Å². The Morgan fingerprint density at radius 1 is 1.25 bits per heavy atom. The third-order valence-electron chi connectivity index (χ3n) is 3.02. The van der Waals surface area contributed by atoms with Crippen molar-refractivity contribution in [2.45, 2.75) is 25.9 Å². The zero-order valence-electron chi connectivity index (χ0n) is 12.3. The summed E-state index contributed by atoms with van der Waals surface area (Å²) in [6, 6.07) is 7.43. The highest BCUT2D eigenvalue weighted by Crippen LogP contribution is 2.14. The first-order valence-corrected chi connectivity index (χ1v) is 7.01. The van der Waals surface area contributed by atoms with Gasteiger partial charge in [0.15, 0.2) is 0 Å². The summed E-state index contributed by atoms with van der Waals surface area (Å²) in [5, 5.41) is 0. The van der Waals surface area contributed by atoms with E-state index in [-0.39, 0.29) is 5.60 Å². The number of benzene rings is 1. The van der Waals surface area contributed by atoms with Crippen LogP contribution < -0.4 is 10.5 Å². The van der Waals surface area contributed by atoms with Gasteiger partial charge in [-0.2, -0.15) is 0 Å². The fourth-order valence-corrected chi connectivity index (χ4v) is 1.61.